The van der Waals surface area contributed by atoms with E-state index >= 15 is 0 Å². The van der Waals surface area contributed by atoms with Gasteiger partial charge in [-0.3, -0.25) is 13.9 Å². The van der Waals surface area contributed by atoms with E-state index in [1.807, 2.05) is 20.8 Å². The first kappa shape index (κ1) is 28.2. The number of nitrogens with zero attached hydrogens (tertiary/aromatic N) is 2. The molecule has 2 aromatic carbocycles. The van der Waals surface area contributed by atoms with E-state index in [0.29, 0.717) is 10.6 Å². The molecule has 7 nitrogen and oxygen atoms in total. The van der Waals surface area contributed by atoms with Crippen molar-refractivity contribution in [2.45, 2.75) is 45.8 Å². The van der Waals surface area contributed by atoms with Crippen LogP contribution in [-0.2, 0) is 26.2 Å². The molecule has 2 amide bonds. The molecular weight excluding hydrogens is 521 g/mol. The Kier molecular flexibility index (Phi) is 9.27. The number of nitrogens with one attached hydrogen (secondary N) is 1. The van der Waals surface area contributed by atoms with Crippen LogP contribution in [0.2, 0.25) is 15.1 Å². The number of anilines is 1. The molecule has 1 N–H and O–H groups in total. The van der Waals surface area contributed by atoms with E-state index < -0.39 is 34.1 Å². The summed E-state index contributed by atoms with van der Waals surface area (Å²) in [6, 6.07) is 10.3. The maximum Gasteiger partial charge on any atom is 0.244 e. The fraction of sp³-hybridized carbons (Fsp3) is 0.391. The predicted octanol–water partition coefficient (Wildman–Crippen LogP) is 4.74. The Hall–Kier alpha value is -2.00. The summed E-state index contributed by atoms with van der Waals surface area (Å²) in [4.78, 5) is 27.7. The minimum Gasteiger partial charge on any atom is -0.350 e. The summed E-state index contributed by atoms with van der Waals surface area (Å²) >= 11 is 18.4. The third-order valence-electron chi connectivity index (χ3n) is 4.78. The van der Waals surface area contributed by atoms with Crippen LogP contribution in [0.15, 0.2) is 42.5 Å². The predicted molar refractivity (Wildman–Crippen MR) is 138 cm³/mol. The van der Waals surface area contributed by atoms with Gasteiger partial charge >= 0.3 is 0 Å². The molecule has 34 heavy (non-hydrogen) atoms. The van der Waals surface area contributed by atoms with Crippen molar-refractivity contribution in [3.63, 3.8) is 0 Å². The first-order valence-electron chi connectivity index (χ1n) is 10.4. The van der Waals surface area contributed by atoms with Gasteiger partial charge in [-0.1, -0.05) is 53.0 Å². The monoisotopic (exact) mass is 547 g/mol. The number of benzene rings is 2. The zero-order valence-electron chi connectivity index (χ0n) is 19.6. The first-order chi connectivity index (χ1) is 15.6. The van der Waals surface area contributed by atoms with E-state index in [-0.39, 0.29) is 28.2 Å². The normalized spacial score (nSPS) is 12.7. The van der Waals surface area contributed by atoms with Crippen LogP contribution in [0.5, 0.6) is 0 Å². The van der Waals surface area contributed by atoms with Crippen molar-refractivity contribution in [2.24, 2.45) is 0 Å². The SMILES string of the molecule is C[C@@H](C(=O)NC(C)(C)C)N(Cc1ccccc1Cl)C(=O)CN(c1cc(Cl)cc(Cl)c1)S(C)(=O)=O. The van der Waals surface area contributed by atoms with Crippen molar-refractivity contribution in [3.05, 3.63) is 63.1 Å². The molecule has 0 saturated carbocycles. The van der Waals surface area contributed by atoms with E-state index in [4.69, 9.17) is 34.8 Å². The molecule has 0 unspecified atom stereocenters. The first-order valence-corrected chi connectivity index (χ1v) is 13.4. The number of carbonyl (C=O) groups is 2. The largest absolute Gasteiger partial charge is 0.350 e. The van der Waals surface area contributed by atoms with Crippen LogP contribution in [-0.4, -0.2) is 49.5 Å². The van der Waals surface area contributed by atoms with Crippen LogP contribution in [0, 0.1) is 0 Å². The highest BCUT2D eigenvalue weighted by atomic mass is 35.5. The smallest absolute Gasteiger partial charge is 0.244 e. The highest BCUT2D eigenvalue weighted by molar-refractivity contribution is 7.92. The molecule has 2 rings (SSSR count). The number of hydrogen-bond donors (Lipinski definition) is 1. The summed E-state index contributed by atoms with van der Waals surface area (Å²) in [6.45, 7) is 6.50. The van der Waals surface area contributed by atoms with Gasteiger partial charge in [-0.2, -0.15) is 0 Å². The van der Waals surface area contributed by atoms with Gasteiger partial charge in [0.1, 0.15) is 12.6 Å². The highest BCUT2D eigenvalue weighted by Crippen LogP contribution is 2.27. The molecular formula is C23H28Cl3N3O4S. The van der Waals surface area contributed by atoms with Gasteiger partial charge in [0.2, 0.25) is 21.8 Å². The topological polar surface area (TPSA) is 86.8 Å². The minimum absolute atomic E-state index is 0.00510. The molecule has 186 valence electrons. The third-order valence-corrected chi connectivity index (χ3v) is 6.72. The number of hydrogen-bond acceptors (Lipinski definition) is 4. The van der Waals surface area contributed by atoms with Crippen LogP contribution >= 0.6 is 34.8 Å². The summed E-state index contributed by atoms with van der Waals surface area (Å²) < 4.78 is 26.1. The number of halogens is 3. The Balaban J connectivity index is 2.45. The van der Waals surface area contributed by atoms with Gasteiger partial charge < -0.3 is 10.2 Å². The zero-order chi connectivity index (χ0) is 25.8. The fourth-order valence-corrected chi connectivity index (χ4v) is 4.71. The van der Waals surface area contributed by atoms with Crippen LogP contribution < -0.4 is 9.62 Å². The summed E-state index contributed by atoms with van der Waals surface area (Å²) in [6.07, 6.45) is 0.975. The lowest BCUT2D eigenvalue weighted by Gasteiger charge is -2.33. The lowest BCUT2D eigenvalue weighted by Crippen LogP contribution is -2.54. The lowest BCUT2D eigenvalue weighted by atomic mass is 10.1. The van der Waals surface area contributed by atoms with Crippen molar-refractivity contribution in [1.82, 2.24) is 10.2 Å². The molecule has 0 heterocycles. The molecule has 0 aliphatic heterocycles. The number of rotatable bonds is 8. The van der Waals surface area contributed by atoms with Crippen molar-refractivity contribution < 1.29 is 18.0 Å². The third kappa shape index (κ3) is 8.05. The van der Waals surface area contributed by atoms with Crippen LogP contribution in [0.4, 0.5) is 5.69 Å². The molecule has 0 saturated heterocycles. The van der Waals surface area contributed by atoms with Gasteiger partial charge in [0.05, 0.1) is 11.9 Å². The number of sulfonamides is 1. The summed E-state index contributed by atoms with van der Waals surface area (Å²) in [5.41, 5.74) is 0.225. The zero-order valence-corrected chi connectivity index (χ0v) is 22.7. The molecule has 0 aromatic heterocycles. The number of carbonyl (C=O) groups excluding carboxylic acids is 2. The second-order valence-corrected chi connectivity index (χ2v) is 12.1. The second-order valence-electron chi connectivity index (χ2n) is 8.93. The average molecular weight is 549 g/mol. The Morgan fingerprint density at radius 1 is 1.03 bits per heavy atom. The summed E-state index contributed by atoms with van der Waals surface area (Å²) in [5.74, 6) is -0.984. The average Bonchev–Trinajstić information content (AvgIpc) is 2.67. The van der Waals surface area contributed by atoms with Crippen molar-refractivity contribution in [1.29, 1.82) is 0 Å². The molecule has 2 aromatic rings. The van der Waals surface area contributed by atoms with Gasteiger partial charge in [0, 0.05) is 27.2 Å². The van der Waals surface area contributed by atoms with Gasteiger partial charge in [-0.25, -0.2) is 8.42 Å². The van der Waals surface area contributed by atoms with Gasteiger partial charge in [-0.05, 0) is 57.5 Å². The number of amides is 2. The van der Waals surface area contributed by atoms with Crippen molar-refractivity contribution in [3.8, 4) is 0 Å². The van der Waals surface area contributed by atoms with Gasteiger partial charge in [0.15, 0.2) is 0 Å². The van der Waals surface area contributed by atoms with E-state index in [1.54, 1.807) is 31.2 Å². The van der Waals surface area contributed by atoms with Crippen LogP contribution in [0.1, 0.15) is 33.3 Å². The second kappa shape index (κ2) is 11.2. The molecule has 11 heteroatoms. The van der Waals surface area contributed by atoms with Crippen LogP contribution in [0.3, 0.4) is 0 Å². The maximum atomic E-state index is 13.5. The van der Waals surface area contributed by atoms with E-state index in [9.17, 15) is 18.0 Å². The van der Waals surface area contributed by atoms with Gasteiger partial charge in [0.25, 0.3) is 0 Å². The summed E-state index contributed by atoms with van der Waals surface area (Å²) in [7, 11) is -3.89. The molecule has 0 aliphatic carbocycles. The van der Waals surface area contributed by atoms with E-state index in [2.05, 4.69) is 5.32 Å². The Bertz CT molecular complexity index is 1150. The van der Waals surface area contributed by atoms with Gasteiger partial charge in [-0.15, -0.1) is 0 Å². The molecule has 0 spiro atoms. The Morgan fingerprint density at radius 2 is 1.59 bits per heavy atom. The van der Waals surface area contributed by atoms with E-state index in [0.717, 1.165) is 10.6 Å². The minimum atomic E-state index is -3.89. The van der Waals surface area contributed by atoms with Crippen LogP contribution in [0.25, 0.3) is 0 Å². The Labute approximate surface area is 216 Å². The molecule has 0 fully saturated rings. The molecule has 0 aliphatic rings. The molecule has 0 radical (unpaired) electrons. The highest BCUT2D eigenvalue weighted by Gasteiger charge is 2.31. The quantitative estimate of drug-likeness (QED) is 0.516. The lowest BCUT2D eigenvalue weighted by molar-refractivity contribution is -0.140. The Morgan fingerprint density at radius 3 is 2.09 bits per heavy atom. The van der Waals surface area contributed by atoms with E-state index in [1.165, 1.54) is 23.1 Å². The fourth-order valence-electron chi connectivity index (χ4n) is 3.16. The maximum absolute atomic E-state index is 13.5. The molecule has 1 atom stereocenters. The van der Waals surface area contributed by atoms with Crippen molar-refractivity contribution >= 4 is 62.3 Å². The standard InChI is InChI=1S/C23H28Cl3N3O4S/c1-15(22(31)27-23(2,3)4)28(13-16-8-6-7-9-20(16)26)21(30)14-29(34(5,32)33)19-11-17(24)10-18(25)12-19/h6-12,15H,13-14H2,1-5H3,(H,27,31)/t15-/m0/s1. The summed E-state index contributed by atoms with van der Waals surface area (Å²) in [5, 5.41) is 3.71. The molecule has 0 bridgehead atoms. The van der Waals surface area contributed by atoms with Crippen molar-refractivity contribution in [2.75, 3.05) is 17.1 Å².